The summed E-state index contributed by atoms with van der Waals surface area (Å²) in [4.78, 5) is 4.78. The van der Waals surface area contributed by atoms with Crippen LogP contribution in [-0.4, -0.2) is 22.5 Å². The Hall–Kier alpha value is -0.180. The Morgan fingerprint density at radius 2 is 1.88 bits per heavy atom. The van der Waals surface area contributed by atoms with Crippen molar-refractivity contribution in [1.82, 2.24) is 5.32 Å². The van der Waals surface area contributed by atoms with Gasteiger partial charge < -0.3 is 5.32 Å². The Bertz CT molecular complexity index is 236. The Balaban J connectivity index is 2.63. The van der Waals surface area contributed by atoms with E-state index in [0.29, 0.717) is 12.0 Å². The molecule has 0 saturated heterocycles. The third-order valence-corrected chi connectivity index (χ3v) is 4.83. The Morgan fingerprint density at radius 3 is 2.25 bits per heavy atom. The van der Waals surface area contributed by atoms with Crippen LogP contribution in [0.25, 0.3) is 0 Å². The summed E-state index contributed by atoms with van der Waals surface area (Å²) in [6.07, 6.45) is 3.52. The van der Waals surface area contributed by atoms with E-state index in [4.69, 9.17) is 4.99 Å². The highest BCUT2D eigenvalue weighted by molar-refractivity contribution is 8.14. The van der Waals surface area contributed by atoms with Crippen LogP contribution in [0.4, 0.5) is 0 Å². The molecular formula is C13H26N2S. The molecule has 0 bridgehead atoms. The molecule has 1 aliphatic heterocycles. The molecule has 2 nitrogen and oxygen atoms in total. The summed E-state index contributed by atoms with van der Waals surface area (Å²) in [5, 5.41) is 4.85. The van der Waals surface area contributed by atoms with Crippen molar-refractivity contribution in [2.24, 2.45) is 10.9 Å². The van der Waals surface area contributed by atoms with Gasteiger partial charge in [-0.25, -0.2) is 0 Å². The van der Waals surface area contributed by atoms with Crippen molar-refractivity contribution in [3.63, 3.8) is 0 Å². The summed E-state index contributed by atoms with van der Waals surface area (Å²) in [6, 6.07) is 0.510. The molecular weight excluding hydrogens is 216 g/mol. The molecule has 0 aliphatic carbocycles. The molecule has 0 aromatic rings. The average molecular weight is 242 g/mol. The van der Waals surface area contributed by atoms with Crippen LogP contribution in [0.5, 0.6) is 0 Å². The lowest BCUT2D eigenvalue weighted by molar-refractivity contribution is 0.341. The van der Waals surface area contributed by atoms with E-state index in [1.807, 2.05) is 11.8 Å². The molecule has 0 fully saturated rings. The zero-order chi connectivity index (χ0) is 12.2. The first-order valence-electron chi connectivity index (χ1n) is 6.55. The number of hydrogen-bond donors (Lipinski definition) is 1. The maximum Gasteiger partial charge on any atom is 0.157 e. The maximum absolute atomic E-state index is 4.78. The number of amidine groups is 1. The van der Waals surface area contributed by atoms with E-state index in [2.05, 4.69) is 39.9 Å². The number of nitrogens with zero attached hydrogens (tertiary/aromatic N) is 1. The Labute approximate surface area is 105 Å². The van der Waals surface area contributed by atoms with E-state index in [-0.39, 0.29) is 5.54 Å². The van der Waals surface area contributed by atoms with Crippen LogP contribution in [-0.2, 0) is 0 Å². The van der Waals surface area contributed by atoms with E-state index in [1.165, 1.54) is 24.4 Å². The number of hydrogen-bond acceptors (Lipinski definition) is 3. The normalized spacial score (nSPS) is 21.4. The summed E-state index contributed by atoms with van der Waals surface area (Å²) in [6.45, 7) is 11.3. The van der Waals surface area contributed by atoms with Gasteiger partial charge >= 0.3 is 0 Å². The van der Waals surface area contributed by atoms with Crippen molar-refractivity contribution in [1.29, 1.82) is 0 Å². The predicted octanol–water partition coefficient (Wildman–Crippen LogP) is 3.67. The minimum absolute atomic E-state index is 0.262. The van der Waals surface area contributed by atoms with E-state index in [1.54, 1.807) is 0 Å². The van der Waals surface area contributed by atoms with Gasteiger partial charge in [-0.3, -0.25) is 4.99 Å². The first-order chi connectivity index (χ1) is 7.56. The molecule has 1 heterocycles. The summed E-state index contributed by atoms with van der Waals surface area (Å²) in [7, 11) is 0. The van der Waals surface area contributed by atoms with Gasteiger partial charge in [0.15, 0.2) is 5.17 Å². The molecule has 1 aliphatic rings. The van der Waals surface area contributed by atoms with Crippen LogP contribution in [0.2, 0.25) is 0 Å². The monoisotopic (exact) mass is 242 g/mol. The highest BCUT2D eigenvalue weighted by Gasteiger charge is 2.28. The van der Waals surface area contributed by atoms with Crippen LogP contribution in [0.1, 0.15) is 53.9 Å². The van der Waals surface area contributed by atoms with Crippen molar-refractivity contribution in [2.75, 3.05) is 5.75 Å². The molecule has 94 valence electrons. The molecule has 0 radical (unpaired) electrons. The second-order valence-corrected chi connectivity index (χ2v) is 6.03. The van der Waals surface area contributed by atoms with Crippen LogP contribution < -0.4 is 5.32 Å². The number of thioether (sulfide) groups is 1. The standard InChI is InChI=1S/C13H26N2S/c1-6-13(7-2,8-3)15-12-14-11(9-16-12)10(4)5/h10-11H,6-9H2,1-5H3,(H,14,15). The zero-order valence-corrected chi connectivity index (χ0v) is 12.2. The van der Waals surface area contributed by atoms with Gasteiger partial charge in [0.2, 0.25) is 0 Å². The van der Waals surface area contributed by atoms with Crippen LogP contribution >= 0.6 is 11.8 Å². The lowest BCUT2D eigenvalue weighted by Crippen LogP contribution is -2.45. The second-order valence-electron chi connectivity index (χ2n) is 5.02. The molecule has 3 heteroatoms. The molecule has 0 amide bonds. The van der Waals surface area contributed by atoms with Gasteiger partial charge in [-0.2, -0.15) is 0 Å². The first kappa shape index (κ1) is 13.9. The SMILES string of the molecule is CCC(CC)(CC)NC1=NC(C(C)C)CS1. The van der Waals surface area contributed by atoms with E-state index in [0.717, 1.165) is 5.75 Å². The summed E-state index contributed by atoms with van der Waals surface area (Å²) in [5.41, 5.74) is 0.262. The molecule has 1 unspecified atom stereocenters. The minimum Gasteiger partial charge on any atom is -0.360 e. The smallest absolute Gasteiger partial charge is 0.157 e. The van der Waals surface area contributed by atoms with Gasteiger partial charge in [-0.05, 0) is 25.2 Å². The fourth-order valence-corrected chi connectivity index (χ4v) is 3.33. The molecule has 1 rings (SSSR count). The van der Waals surface area contributed by atoms with Gasteiger partial charge in [0.05, 0.1) is 6.04 Å². The van der Waals surface area contributed by atoms with E-state index in [9.17, 15) is 0 Å². The third-order valence-electron chi connectivity index (χ3n) is 3.85. The summed E-state index contributed by atoms with van der Waals surface area (Å²) in [5.74, 6) is 1.80. The minimum atomic E-state index is 0.262. The number of rotatable bonds is 5. The van der Waals surface area contributed by atoms with Gasteiger partial charge in [-0.15, -0.1) is 0 Å². The number of aliphatic imine (C=N–C) groups is 1. The zero-order valence-electron chi connectivity index (χ0n) is 11.3. The quantitative estimate of drug-likeness (QED) is 0.795. The second kappa shape index (κ2) is 5.95. The summed E-state index contributed by atoms with van der Waals surface area (Å²) < 4.78 is 0. The topological polar surface area (TPSA) is 24.4 Å². The molecule has 0 spiro atoms. The van der Waals surface area contributed by atoms with Crippen LogP contribution in [0, 0.1) is 5.92 Å². The highest BCUT2D eigenvalue weighted by atomic mass is 32.2. The van der Waals surface area contributed by atoms with Crippen molar-refractivity contribution in [3.05, 3.63) is 0 Å². The molecule has 1 atom stereocenters. The molecule has 0 saturated carbocycles. The average Bonchev–Trinajstić information content (AvgIpc) is 2.74. The molecule has 16 heavy (non-hydrogen) atoms. The molecule has 0 aromatic heterocycles. The molecule has 0 aromatic carbocycles. The van der Waals surface area contributed by atoms with Crippen molar-refractivity contribution < 1.29 is 0 Å². The van der Waals surface area contributed by atoms with Crippen molar-refractivity contribution in [3.8, 4) is 0 Å². The largest absolute Gasteiger partial charge is 0.360 e. The molecule has 1 N–H and O–H groups in total. The van der Waals surface area contributed by atoms with Gasteiger partial charge in [0.1, 0.15) is 0 Å². The highest BCUT2D eigenvalue weighted by Crippen LogP contribution is 2.26. The predicted molar refractivity (Wildman–Crippen MR) is 75.3 cm³/mol. The van der Waals surface area contributed by atoms with Gasteiger partial charge in [-0.1, -0.05) is 46.4 Å². The third kappa shape index (κ3) is 3.16. The lowest BCUT2D eigenvalue weighted by Gasteiger charge is -2.32. The fourth-order valence-electron chi connectivity index (χ4n) is 2.04. The first-order valence-corrected chi connectivity index (χ1v) is 7.54. The Morgan fingerprint density at radius 1 is 1.31 bits per heavy atom. The lowest BCUT2D eigenvalue weighted by atomic mass is 9.90. The number of nitrogens with one attached hydrogen (secondary N) is 1. The van der Waals surface area contributed by atoms with Gasteiger partial charge in [0, 0.05) is 11.3 Å². The van der Waals surface area contributed by atoms with Crippen molar-refractivity contribution in [2.45, 2.75) is 65.5 Å². The van der Waals surface area contributed by atoms with Crippen molar-refractivity contribution >= 4 is 16.9 Å². The van der Waals surface area contributed by atoms with Gasteiger partial charge in [0.25, 0.3) is 0 Å². The fraction of sp³-hybridized carbons (Fsp3) is 0.923. The maximum atomic E-state index is 4.78. The summed E-state index contributed by atoms with van der Waals surface area (Å²) >= 11 is 1.89. The van der Waals surface area contributed by atoms with Crippen LogP contribution in [0.15, 0.2) is 4.99 Å². The van der Waals surface area contributed by atoms with Crippen LogP contribution in [0.3, 0.4) is 0 Å². The Kier molecular flexibility index (Phi) is 5.16. The van der Waals surface area contributed by atoms with E-state index >= 15 is 0 Å². The van der Waals surface area contributed by atoms with E-state index < -0.39 is 0 Å².